The predicted octanol–water partition coefficient (Wildman–Crippen LogP) is 2.57. The van der Waals surface area contributed by atoms with Gasteiger partial charge in [-0.1, -0.05) is 25.1 Å². The summed E-state index contributed by atoms with van der Waals surface area (Å²) in [4.78, 5) is 39.8. The van der Waals surface area contributed by atoms with Gasteiger partial charge in [-0.05, 0) is 29.7 Å². The van der Waals surface area contributed by atoms with E-state index >= 15 is 0 Å². The smallest absolute Gasteiger partial charge is 0.225 e. The number of hydrogen-bond donors (Lipinski definition) is 0. The number of Topliss-reactive ketones (excluding diaryl/α,β-unsaturated/α-hetero) is 1. The summed E-state index contributed by atoms with van der Waals surface area (Å²) in [5.41, 5.74) is 2.01. The van der Waals surface area contributed by atoms with Crippen LogP contribution in [0.5, 0.6) is 0 Å². The molecule has 1 aromatic carbocycles. The summed E-state index contributed by atoms with van der Waals surface area (Å²) in [6.07, 6.45) is 1.26. The molecule has 1 aromatic rings. The van der Waals surface area contributed by atoms with E-state index in [1.54, 1.807) is 0 Å². The fraction of sp³-hybridized carbons (Fsp3) is 0.526. The number of carbonyl (C=O) groups is 3. The highest BCUT2D eigenvalue weighted by atomic mass is 35.5. The van der Waals surface area contributed by atoms with Crippen LogP contribution in [0.25, 0.3) is 0 Å². The molecule has 1 heterocycles. The van der Waals surface area contributed by atoms with Crippen molar-refractivity contribution in [2.45, 2.75) is 32.1 Å². The third-order valence-electron chi connectivity index (χ3n) is 5.27. The first-order valence-corrected chi connectivity index (χ1v) is 9.22. The second-order valence-electron chi connectivity index (χ2n) is 6.74. The largest absolute Gasteiger partial charge is 0.368 e. The van der Waals surface area contributed by atoms with Gasteiger partial charge in [-0.25, -0.2) is 0 Å². The molecule has 3 rings (SSSR count). The molecular formula is C19H23ClN2O3. The molecule has 2 aliphatic rings. The van der Waals surface area contributed by atoms with Crippen molar-refractivity contribution in [1.82, 2.24) is 4.90 Å². The number of hydrogen-bond acceptors (Lipinski definition) is 4. The molecule has 134 valence electrons. The summed E-state index contributed by atoms with van der Waals surface area (Å²) < 4.78 is 0. The van der Waals surface area contributed by atoms with Crippen molar-refractivity contribution >= 4 is 34.2 Å². The third-order valence-corrected chi connectivity index (χ3v) is 5.57. The highest BCUT2D eigenvalue weighted by Crippen LogP contribution is 2.40. The molecule has 0 unspecified atom stereocenters. The molecule has 0 bridgehead atoms. The second-order valence-corrected chi connectivity index (χ2v) is 7.11. The summed E-state index contributed by atoms with van der Waals surface area (Å²) in [6.45, 7) is 4.78. The van der Waals surface area contributed by atoms with Gasteiger partial charge in [0, 0.05) is 56.5 Å². The maximum absolute atomic E-state index is 12.4. The summed E-state index contributed by atoms with van der Waals surface area (Å²) >= 11 is 5.61. The van der Waals surface area contributed by atoms with E-state index in [2.05, 4.69) is 4.90 Å². The zero-order chi connectivity index (χ0) is 18.0. The van der Waals surface area contributed by atoms with Gasteiger partial charge in [0.25, 0.3) is 0 Å². The van der Waals surface area contributed by atoms with Gasteiger partial charge < -0.3 is 9.80 Å². The fourth-order valence-corrected chi connectivity index (χ4v) is 4.01. The first-order chi connectivity index (χ1) is 12.0. The monoisotopic (exact) mass is 362 g/mol. The summed E-state index contributed by atoms with van der Waals surface area (Å²) in [5.74, 6) is -0.362. The predicted molar refractivity (Wildman–Crippen MR) is 96.9 cm³/mol. The van der Waals surface area contributed by atoms with Crippen LogP contribution < -0.4 is 4.90 Å². The molecule has 0 aromatic heterocycles. The number of amides is 1. The summed E-state index contributed by atoms with van der Waals surface area (Å²) in [6, 6.07) is 7.89. The Balaban J connectivity index is 1.77. The first-order valence-electron chi connectivity index (χ1n) is 8.85. The Morgan fingerprint density at radius 2 is 1.84 bits per heavy atom. The normalized spacial score (nSPS) is 23.8. The highest BCUT2D eigenvalue weighted by Gasteiger charge is 2.38. The first kappa shape index (κ1) is 17.9. The maximum Gasteiger partial charge on any atom is 0.225 e. The van der Waals surface area contributed by atoms with Crippen LogP contribution in [0, 0.1) is 5.92 Å². The molecule has 6 heteroatoms. The van der Waals surface area contributed by atoms with E-state index in [1.807, 2.05) is 36.1 Å². The number of para-hydroxylation sites is 1. The molecule has 25 heavy (non-hydrogen) atoms. The lowest BCUT2D eigenvalue weighted by molar-refractivity contribution is -0.131. The molecule has 2 fully saturated rings. The van der Waals surface area contributed by atoms with Gasteiger partial charge >= 0.3 is 0 Å². The molecule has 0 N–H and O–H groups in total. The van der Waals surface area contributed by atoms with Crippen molar-refractivity contribution in [3.8, 4) is 0 Å². The number of rotatable bonds is 4. The van der Waals surface area contributed by atoms with Crippen LogP contribution in [-0.2, 0) is 14.4 Å². The average molecular weight is 363 g/mol. The number of halogens is 1. The SMILES string of the molecule is CCC(=O)N1CCN(c2ccccc2[C@@H]2C[C@@H](C(=O)Cl)CC2=O)CC1. The number of benzene rings is 1. The standard InChI is InChI=1S/C19H23ClN2O3/c1-2-18(24)22-9-7-21(8-10-22)16-6-4-3-5-14(16)15-11-13(19(20)25)12-17(15)23/h3-6,13,15H,2,7-12H2,1H3/t13-,15+/m1/s1. The molecule has 5 nitrogen and oxygen atoms in total. The van der Waals surface area contributed by atoms with Crippen LogP contribution in [0.2, 0.25) is 0 Å². The summed E-state index contributed by atoms with van der Waals surface area (Å²) in [7, 11) is 0. The Labute approximate surface area is 152 Å². The van der Waals surface area contributed by atoms with Crippen molar-refractivity contribution in [1.29, 1.82) is 0 Å². The minimum absolute atomic E-state index is 0.0891. The van der Waals surface area contributed by atoms with Gasteiger partial charge in [-0.15, -0.1) is 0 Å². The van der Waals surface area contributed by atoms with E-state index in [-0.39, 0.29) is 29.9 Å². The molecule has 2 atom stereocenters. The number of ketones is 1. The third kappa shape index (κ3) is 3.71. The van der Waals surface area contributed by atoms with Crippen molar-refractivity contribution in [2.24, 2.45) is 5.92 Å². The summed E-state index contributed by atoms with van der Waals surface area (Å²) in [5, 5.41) is -0.417. The van der Waals surface area contributed by atoms with Gasteiger partial charge in [-0.3, -0.25) is 14.4 Å². The molecule has 1 saturated heterocycles. The van der Waals surface area contributed by atoms with Crippen LogP contribution in [0.15, 0.2) is 24.3 Å². The Morgan fingerprint density at radius 1 is 1.16 bits per heavy atom. The molecule has 1 aliphatic carbocycles. The Kier molecular flexibility index (Phi) is 5.42. The van der Waals surface area contributed by atoms with E-state index in [4.69, 9.17) is 11.6 Å². The topological polar surface area (TPSA) is 57.7 Å². The van der Waals surface area contributed by atoms with E-state index in [0.717, 1.165) is 24.3 Å². The van der Waals surface area contributed by atoms with Gasteiger partial charge in [0.05, 0.1) is 0 Å². The van der Waals surface area contributed by atoms with Crippen molar-refractivity contribution in [3.63, 3.8) is 0 Å². The maximum atomic E-state index is 12.4. The minimum Gasteiger partial charge on any atom is -0.368 e. The van der Waals surface area contributed by atoms with E-state index in [1.165, 1.54) is 0 Å². The molecule has 1 saturated carbocycles. The highest BCUT2D eigenvalue weighted by molar-refractivity contribution is 6.64. The Hall–Kier alpha value is -1.88. The van der Waals surface area contributed by atoms with Crippen molar-refractivity contribution < 1.29 is 14.4 Å². The lowest BCUT2D eigenvalue weighted by atomic mass is 9.93. The van der Waals surface area contributed by atoms with Crippen molar-refractivity contribution in [2.75, 3.05) is 31.1 Å². The quantitative estimate of drug-likeness (QED) is 0.772. The van der Waals surface area contributed by atoms with E-state index in [0.29, 0.717) is 25.9 Å². The second kappa shape index (κ2) is 7.56. The van der Waals surface area contributed by atoms with Crippen LogP contribution in [0.1, 0.15) is 37.7 Å². The molecule has 1 amide bonds. The number of carbonyl (C=O) groups excluding carboxylic acids is 3. The average Bonchev–Trinajstić information content (AvgIpc) is 3.03. The van der Waals surface area contributed by atoms with E-state index < -0.39 is 5.24 Å². The van der Waals surface area contributed by atoms with Gasteiger partial charge in [0.1, 0.15) is 5.78 Å². The van der Waals surface area contributed by atoms with Gasteiger partial charge in [0.2, 0.25) is 11.1 Å². The zero-order valence-corrected chi connectivity index (χ0v) is 15.2. The van der Waals surface area contributed by atoms with Gasteiger partial charge in [0.15, 0.2) is 0 Å². The Morgan fingerprint density at radius 3 is 2.44 bits per heavy atom. The number of nitrogens with zero attached hydrogens (tertiary/aromatic N) is 2. The molecule has 0 spiro atoms. The van der Waals surface area contributed by atoms with Crippen molar-refractivity contribution in [3.05, 3.63) is 29.8 Å². The van der Waals surface area contributed by atoms with Gasteiger partial charge in [-0.2, -0.15) is 0 Å². The zero-order valence-electron chi connectivity index (χ0n) is 14.4. The molecule has 0 radical (unpaired) electrons. The van der Waals surface area contributed by atoms with E-state index in [9.17, 15) is 14.4 Å². The number of piperazine rings is 1. The lowest BCUT2D eigenvalue weighted by Gasteiger charge is -2.37. The number of anilines is 1. The Bertz CT molecular complexity index is 683. The van der Waals surface area contributed by atoms with Crippen LogP contribution in [-0.4, -0.2) is 48.0 Å². The molecule has 1 aliphatic heterocycles. The van der Waals surface area contributed by atoms with Crippen LogP contribution >= 0.6 is 11.6 Å². The molecular weight excluding hydrogens is 340 g/mol. The van der Waals surface area contributed by atoms with Crippen LogP contribution in [0.3, 0.4) is 0 Å². The lowest BCUT2D eigenvalue weighted by Crippen LogP contribution is -2.49. The fourth-order valence-electron chi connectivity index (χ4n) is 3.85. The minimum atomic E-state index is -0.417. The van der Waals surface area contributed by atoms with Crippen LogP contribution in [0.4, 0.5) is 5.69 Å².